The summed E-state index contributed by atoms with van der Waals surface area (Å²) in [7, 11) is 0. The van der Waals surface area contributed by atoms with Gasteiger partial charge in [-0.2, -0.15) is 0 Å². The van der Waals surface area contributed by atoms with E-state index in [2.05, 4.69) is 0 Å². The highest BCUT2D eigenvalue weighted by Gasteiger charge is 2.24. The summed E-state index contributed by atoms with van der Waals surface area (Å²) in [6.07, 6.45) is -1.23. The number of esters is 2. The SMILES string of the molecule is C[C@H](OC(=O)[C@@H](N)Cc1ccc(O)c(O)c1)[C@@H](C)OC(=O)c1ccccc1. The molecule has 0 aliphatic rings. The molecular formula is C20H23NO6. The maximum Gasteiger partial charge on any atom is 0.338 e. The second-order valence-electron chi connectivity index (χ2n) is 6.25. The molecule has 0 spiro atoms. The Morgan fingerprint density at radius 3 is 2.22 bits per heavy atom. The van der Waals surface area contributed by atoms with E-state index in [4.69, 9.17) is 15.2 Å². The summed E-state index contributed by atoms with van der Waals surface area (Å²) >= 11 is 0. The maximum absolute atomic E-state index is 12.2. The van der Waals surface area contributed by atoms with E-state index in [9.17, 15) is 19.8 Å². The Hall–Kier alpha value is -3.06. The molecule has 3 atom stereocenters. The fraction of sp³-hybridized carbons (Fsp3) is 0.300. The molecule has 2 aromatic rings. The van der Waals surface area contributed by atoms with Crippen LogP contribution in [-0.4, -0.2) is 40.4 Å². The predicted molar refractivity (Wildman–Crippen MR) is 98.3 cm³/mol. The van der Waals surface area contributed by atoms with Crippen molar-refractivity contribution >= 4 is 11.9 Å². The molecule has 0 bridgehead atoms. The minimum absolute atomic E-state index is 0.123. The summed E-state index contributed by atoms with van der Waals surface area (Å²) in [5.41, 5.74) is 6.84. The van der Waals surface area contributed by atoms with E-state index < -0.39 is 30.2 Å². The van der Waals surface area contributed by atoms with Gasteiger partial charge in [-0.3, -0.25) is 4.79 Å². The zero-order chi connectivity index (χ0) is 20.0. The third kappa shape index (κ3) is 5.72. The van der Waals surface area contributed by atoms with E-state index in [0.717, 1.165) is 0 Å². The summed E-state index contributed by atoms with van der Waals surface area (Å²) in [5.74, 6) is -1.70. The molecule has 0 aromatic heterocycles. The second-order valence-corrected chi connectivity index (χ2v) is 6.25. The van der Waals surface area contributed by atoms with Gasteiger partial charge in [0.15, 0.2) is 11.5 Å². The number of benzene rings is 2. The number of phenolic OH excluding ortho intramolecular Hbond substituents is 2. The molecule has 0 saturated carbocycles. The normalized spacial score (nSPS) is 14.0. The Kier molecular flexibility index (Phi) is 6.79. The Morgan fingerprint density at radius 1 is 0.963 bits per heavy atom. The van der Waals surface area contributed by atoms with Crippen LogP contribution in [0.2, 0.25) is 0 Å². The summed E-state index contributed by atoms with van der Waals surface area (Å²) in [4.78, 5) is 24.2. The van der Waals surface area contributed by atoms with E-state index in [1.165, 1.54) is 12.1 Å². The molecule has 4 N–H and O–H groups in total. The van der Waals surface area contributed by atoms with Crippen LogP contribution >= 0.6 is 0 Å². The van der Waals surface area contributed by atoms with Crippen molar-refractivity contribution in [2.75, 3.05) is 0 Å². The summed E-state index contributed by atoms with van der Waals surface area (Å²) in [6, 6.07) is 11.7. The van der Waals surface area contributed by atoms with Crippen molar-refractivity contribution < 1.29 is 29.3 Å². The molecule has 0 aliphatic carbocycles. The number of hydrogen-bond acceptors (Lipinski definition) is 7. The van der Waals surface area contributed by atoms with E-state index in [1.54, 1.807) is 50.2 Å². The molecule has 7 nitrogen and oxygen atoms in total. The zero-order valence-electron chi connectivity index (χ0n) is 15.2. The van der Waals surface area contributed by atoms with Crippen LogP contribution in [0.4, 0.5) is 0 Å². The van der Waals surface area contributed by atoms with Crippen LogP contribution in [0.25, 0.3) is 0 Å². The molecule has 0 amide bonds. The average Bonchev–Trinajstić information content (AvgIpc) is 2.65. The number of carbonyl (C=O) groups excluding carboxylic acids is 2. The number of phenols is 2. The van der Waals surface area contributed by atoms with Gasteiger partial charge in [0.25, 0.3) is 0 Å². The summed E-state index contributed by atoms with van der Waals surface area (Å²) < 4.78 is 10.6. The van der Waals surface area contributed by atoms with E-state index in [1.807, 2.05) is 0 Å². The number of rotatable bonds is 7. The topological polar surface area (TPSA) is 119 Å². The van der Waals surface area contributed by atoms with Crippen molar-refractivity contribution in [3.63, 3.8) is 0 Å². The van der Waals surface area contributed by atoms with Crippen LogP contribution < -0.4 is 5.73 Å². The number of nitrogens with two attached hydrogens (primary N) is 1. The average molecular weight is 373 g/mol. The van der Waals surface area contributed by atoms with Crippen molar-refractivity contribution in [2.45, 2.75) is 38.5 Å². The van der Waals surface area contributed by atoms with Crippen molar-refractivity contribution in [1.82, 2.24) is 0 Å². The first-order valence-electron chi connectivity index (χ1n) is 8.51. The van der Waals surface area contributed by atoms with E-state index >= 15 is 0 Å². The minimum atomic E-state index is -0.964. The van der Waals surface area contributed by atoms with E-state index in [-0.39, 0.29) is 17.9 Å². The van der Waals surface area contributed by atoms with Crippen molar-refractivity contribution in [2.24, 2.45) is 5.73 Å². The number of ether oxygens (including phenoxy) is 2. The highest BCUT2D eigenvalue weighted by molar-refractivity contribution is 5.89. The summed E-state index contributed by atoms with van der Waals surface area (Å²) in [5, 5.41) is 18.8. The van der Waals surface area contributed by atoms with Crippen LogP contribution in [0.5, 0.6) is 11.5 Å². The van der Waals surface area contributed by atoms with Crippen molar-refractivity contribution in [3.05, 3.63) is 59.7 Å². The molecular weight excluding hydrogens is 350 g/mol. The molecule has 27 heavy (non-hydrogen) atoms. The molecule has 144 valence electrons. The molecule has 0 heterocycles. The van der Waals surface area contributed by atoms with Gasteiger partial charge in [0.2, 0.25) is 0 Å². The monoisotopic (exact) mass is 373 g/mol. The van der Waals surface area contributed by atoms with Gasteiger partial charge in [-0.15, -0.1) is 0 Å². The quantitative estimate of drug-likeness (QED) is 0.502. The lowest BCUT2D eigenvalue weighted by atomic mass is 10.1. The van der Waals surface area contributed by atoms with Gasteiger partial charge in [0.1, 0.15) is 18.2 Å². The molecule has 0 saturated heterocycles. The minimum Gasteiger partial charge on any atom is -0.504 e. The van der Waals surface area contributed by atoms with Gasteiger partial charge >= 0.3 is 11.9 Å². The van der Waals surface area contributed by atoms with Gasteiger partial charge < -0.3 is 25.4 Å². The highest BCUT2D eigenvalue weighted by atomic mass is 16.6. The predicted octanol–water partition coefficient (Wildman–Crippen LogP) is 2.14. The van der Waals surface area contributed by atoms with Crippen LogP contribution in [0.1, 0.15) is 29.8 Å². The molecule has 2 aromatic carbocycles. The second kappa shape index (κ2) is 9.05. The number of aromatic hydroxyl groups is 2. The Morgan fingerprint density at radius 2 is 1.59 bits per heavy atom. The molecule has 0 aliphatic heterocycles. The Bertz CT molecular complexity index is 792. The fourth-order valence-electron chi connectivity index (χ4n) is 2.31. The maximum atomic E-state index is 12.2. The van der Waals surface area contributed by atoms with Crippen molar-refractivity contribution in [1.29, 1.82) is 0 Å². The van der Waals surface area contributed by atoms with Crippen LogP contribution in [0, 0.1) is 0 Å². The lowest BCUT2D eigenvalue weighted by Crippen LogP contribution is -2.39. The fourth-order valence-corrected chi connectivity index (χ4v) is 2.31. The van der Waals surface area contributed by atoms with Gasteiger partial charge in [0, 0.05) is 0 Å². The van der Waals surface area contributed by atoms with Crippen LogP contribution in [-0.2, 0) is 20.7 Å². The third-order valence-corrected chi connectivity index (χ3v) is 4.06. The van der Waals surface area contributed by atoms with Crippen LogP contribution in [0.3, 0.4) is 0 Å². The van der Waals surface area contributed by atoms with Gasteiger partial charge in [-0.25, -0.2) is 4.79 Å². The van der Waals surface area contributed by atoms with Gasteiger partial charge in [-0.05, 0) is 50.1 Å². The standard InChI is InChI=1S/C20H23NO6/c1-12(26-19(24)15-6-4-3-5-7-15)13(2)27-20(25)16(21)10-14-8-9-17(22)18(23)11-14/h3-9,11-13,16,22-23H,10,21H2,1-2H3/t12-,13+,16+/m1/s1. The largest absolute Gasteiger partial charge is 0.504 e. The lowest BCUT2D eigenvalue weighted by molar-refractivity contribution is -0.154. The van der Waals surface area contributed by atoms with E-state index in [0.29, 0.717) is 11.1 Å². The molecule has 0 radical (unpaired) electrons. The first-order valence-corrected chi connectivity index (χ1v) is 8.51. The Labute approximate surface area is 157 Å². The van der Waals surface area contributed by atoms with Crippen LogP contribution in [0.15, 0.2) is 48.5 Å². The molecule has 0 unspecified atom stereocenters. The molecule has 2 rings (SSSR count). The molecule has 0 fully saturated rings. The van der Waals surface area contributed by atoms with Crippen molar-refractivity contribution in [3.8, 4) is 11.5 Å². The number of hydrogen-bond donors (Lipinski definition) is 3. The zero-order valence-corrected chi connectivity index (χ0v) is 15.2. The van der Waals surface area contributed by atoms with Gasteiger partial charge in [-0.1, -0.05) is 24.3 Å². The number of carbonyl (C=O) groups is 2. The first-order chi connectivity index (χ1) is 12.8. The molecule has 7 heteroatoms. The first kappa shape index (κ1) is 20.3. The lowest BCUT2D eigenvalue weighted by Gasteiger charge is -2.22. The summed E-state index contributed by atoms with van der Waals surface area (Å²) in [6.45, 7) is 3.24. The third-order valence-electron chi connectivity index (χ3n) is 4.06. The van der Waals surface area contributed by atoms with Gasteiger partial charge in [0.05, 0.1) is 5.56 Å². The Balaban J connectivity index is 1.87. The highest BCUT2D eigenvalue weighted by Crippen LogP contribution is 2.25. The smallest absolute Gasteiger partial charge is 0.338 e.